The van der Waals surface area contributed by atoms with Gasteiger partial charge in [-0.05, 0) is 44.5 Å². The second-order valence-corrected chi connectivity index (χ2v) is 6.03. The summed E-state index contributed by atoms with van der Waals surface area (Å²) in [4.78, 5) is 0. The molecule has 1 nitrogen and oxygen atoms in total. The minimum Gasteiger partial charge on any atom is -0.333 e. The zero-order chi connectivity index (χ0) is 14.4. The predicted molar refractivity (Wildman–Crippen MR) is 90.9 cm³/mol. The van der Waals surface area contributed by atoms with Gasteiger partial charge in [-0.25, -0.2) is 0 Å². The molecule has 21 heavy (non-hydrogen) atoms. The zero-order valence-corrected chi connectivity index (χ0v) is 12.5. The van der Waals surface area contributed by atoms with Crippen molar-refractivity contribution < 1.29 is 0 Å². The maximum atomic E-state index is 2.49. The fraction of sp³-hybridized carbons (Fsp3) is 0.200. The van der Waals surface area contributed by atoms with Gasteiger partial charge in [0.2, 0.25) is 0 Å². The number of benzene rings is 2. The minimum absolute atomic E-state index is 0.417. The quantitative estimate of drug-likeness (QED) is 0.554. The Morgan fingerprint density at radius 3 is 2.00 bits per heavy atom. The third-order valence-corrected chi connectivity index (χ3v) is 4.40. The molecule has 0 fully saturated rings. The van der Waals surface area contributed by atoms with Gasteiger partial charge >= 0.3 is 0 Å². The molecular weight excluding hydrogens is 254 g/mol. The van der Waals surface area contributed by atoms with E-state index in [9.17, 15) is 0 Å². The summed E-state index contributed by atoms with van der Waals surface area (Å²) in [5.41, 5.74) is 5.32. The van der Waals surface area contributed by atoms with Crippen LogP contribution in [-0.2, 0) is 0 Å². The lowest BCUT2D eigenvalue weighted by molar-refractivity contribution is 0.648. The lowest BCUT2D eigenvalue weighted by atomic mass is 10.1. The Morgan fingerprint density at radius 1 is 0.857 bits per heavy atom. The van der Waals surface area contributed by atoms with Crippen molar-refractivity contribution in [3.63, 3.8) is 0 Å². The van der Waals surface area contributed by atoms with Crippen LogP contribution in [0, 0.1) is 13.8 Å². The van der Waals surface area contributed by atoms with E-state index in [0.717, 1.165) is 6.42 Å². The summed E-state index contributed by atoms with van der Waals surface area (Å²) in [5.74, 6) is 0. The average molecular weight is 273 g/mol. The van der Waals surface area contributed by atoms with Crippen molar-refractivity contribution in [1.29, 1.82) is 0 Å². The summed E-state index contributed by atoms with van der Waals surface area (Å²) >= 11 is 0. The number of fused-ring (bicyclic) bond motifs is 3. The SMILES string of the molecule is Cc1ccc2c(c1)c1cc(C)ccc1n2C1C=CC=CC1. The van der Waals surface area contributed by atoms with Crippen LogP contribution in [0.15, 0.2) is 60.7 Å². The largest absolute Gasteiger partial charge is 0.333 e. The van der Waals surface area contributed by atoms with Crippen molar-refractivity contribution in [1.82, 2.24) is 4.57 Å². The summed E-state index contributed by atoms with van der Waals surface area (Å²) < 4.78 is 2.49. The molecule has 0 radical (unpaired) electrons. The van der Waals surface area contributed by atoms with Crippen molar-refractivity contribution in [3.8, 4) is 0 Å². The van der Waals surface area contributed by atoms with Gasteiger partial charge < -0.3 is 4.57 Å². The van der Waals surface area contributed by atoms with E-state index >= 15 is 0 Å². The van der Waals surface area contributed by atoms with Gasteiger partial charge in [-0.15, -0.1) is 0 Å². The van der Waals surface area contributed by atoms with Crippen LogP contribution in [-0.4, -0.2) is 4.57 Å². The molecule has 1 unspecified atom stereocenters. The molecule has 0 saturated heterocycles. The van der Waals surface area contributed by atoms with Crippen LogP contribution >= 0.6 is 0 Å². The highest BCUT2D eigenvalue weighted by molar-refractivity contribution is 6.08. The van der Waals surface area contributed by atoms with Gasteiger partial charge in [0.15, 0.2) is 0 Å². The van der Waals surface area contributed by atoms with E-state index in [-0.39, 0.29) is 0 Å². The monoisotopic (exact) mass is 273 g/mol. The molecule has 0 aliphatic heterocycles. The Labute approximate surface area is 125 Å². The molecule has 0 amide bonds. The lowest BCUT2D eigenvalue weighted by Gasteiger charge is -2.18. The van der Waals surface area contributed by atoms with Crippen molar-refractivity contribution in [2.75, 3.05) is 0 Å². The molecule has 0 spiro atoms. The molecule has 104 valence electrons. The summed E-state index contributed by atoms with van der Waals surface area (Å²) in [6.45, 7) is 4.34. The Morgan fingerprint density at radius 2 is 1.48 bits per heavy atom. The topological polar surface area (TPSA) is 4.93 Å². The first-order chi connectivity index (χ1) is 10.2. The predicted octanol–water partition coefficient (Wildman–Crippen LogP) is 5.47. The molecule has 0 bridgehead atoms. The van der Waals surface area contributed by atoms with Gasteiger partial charge in [-0.3, -0.25) is 0 Å². The number of allylic oxidation sites excluding steroid dienone is 4. The first-order valence-corrected chi connectivity index (χ1v) is 7.58. The summed E-state index contributed by atoms with van der Waals surface area (Å²) in [5, 5.41) is 2.74. The highest BCUT2D eigenvalue weighted by Crippen LogP contribution is 2.35. The number of hydrogen-bond acceptors (Lipinski definition) is 0. The molecule has 1 heteroatoms. The van der Waals surface area contributed by atoms with E-state index in [4.69, 9.17) is 0 Å². The summed E-state index contributed by atoms with van der Waals surface area (Å²) in [6.07, 6.45) is 9.92. The van der Waals surface area contributed by atoms with Crippen molar-refractivity contribution in [2.45, 2.75) is 26.3 Å². The maximum Gasteiger partial charge on any atom is 0.0560 e. The Bertz CT molecular complexity index is 834. The zero-order valence-electron chi connectivity index (χ0n) is 12.5. The fourth-order valence-electron chi connectivity index (χ4n) is 3.40. The van der Waals surface area contributed by atoms with E-state index in [1.165, 1.54) is 32.9 Å². The van der Waals surface area contributed by atoms with Crippen LogP contribution < -0.4 is 0 Å². The lowest BCUT2D eigenvalue weighted by Crippen LogP contribution is -2.06. The first-order valence-electron chi connectivity index (χ1n) is 7.58. The van der Waals surface area contributed by atoms with Crippen molar-refractivity contribution in [3.05, 3.63) is 71.8 Å². The van der Waals surface area contributed by atoms with Crippen LogP contribution in [0.25, 0.3) is 21.8 Å². The normalized spacial score (nSPS) is 17.9. The molecule has 0 N–H and O–H groups in total. The highest BCUT2D eigenvalue weighted by Gasteiger charge is 2.16. The van der Waals surface area contributed by atoms with Crippen LogP contribution in [0.2, 0.25) is 0 Å². The third kappa shape index (κ3) is 1.92. The van der Waals surface area contributed by atoms with Crippen molar-refractivity contribution >= 4 is 21.8 Å². The molecule has 0 saturated carbocycles. The van der Waals surface area contributed by atoms with Gasteiger partial charge in [0.1, 0.15) is 0 Å². The summed E-state index contributed by atoms with van der Waals surface area (Å²) in [6, 6.07) is 14.0. The molecule has 1 atom stereocenters. The van der Waals surface area contributed by atoms with E-state index in [1.807, 2.05) is 0 Å². The molecule has 1 heterocycles. The standard InChI is InChI=1S/C20H19N/c1-14-8-10-19-17(12-14)18-13-15(2)9-11-20(18)21(19)16-6-4-3-5-7-16/h3-6,8-13,16H,7H2,1-2H3. The van der Waals surface area contributed by atoms with Crippen LogP contribution in [0.5, 0.6) is 0 Å². The molecule has 1 aliphatic carbocycles. The maximum absolute atomic E-state index is 2.49. The van der Waals surface area contributed by atoms with Gasteiger partial charge in [-0.2, -0.15) is 0 Å². The van der Waals surface area contributed by atoms with Gasteiger partial charge in [-0.1, -0.05) is 47.6 Å². The van der Waals surface area contributed by atoms with Crippen LogP contribution in [0.1, 0.15) is 23.6 Å². The second-order valence-electron chi connectivity index (χ2n) is 6.03. The van der Waals surface area contributed by atoms with Gasteiger partial charge in [0.25, 0.3) is 0 Å². The second kappa shape index (κ2) is 4.63. The summed E-state index contributed by atoms with van der Waals surface area (Å²) in [7, 11) is 0. The molecular formula is C20H19N. The Hall–Kier alpha value is -2.28. The minimum atomic E-state index is 0.417. The van der Waals surface area contributed by atoms with E-state index < -0.39 is 0 Å². The molecule has 2 aromatic carbocycles. The number of aryl methyl sites for hydroxylation is 2. The van der Waals surface area contributed by atoms with Crippen molar-refractivity contribution in [2.24, 2.45) is 0 Å². The number of rotatable bonds is 1. The van der Waals surface area contributed by atoms with Crippen LogP contribution in [0.3, 0.4) is 0 Å². The molecule has 3 aromatic rings. The fourth-order valence-corrected chi connectivity index (χ4v) is 3.40. The average Bonchev–Trinajstić information content (AvgIpc) is 2.81. The van der Waals surface area contributed by atoms with Gasteiger partial charge in [0.05, 0.1) is 6.04 Å². The Kier molecular flexibility index (Phi) is 2.75. The van der Waals surface area contributed by atoms with E-state index in [1.54, 1.807) is 0 Å². The first kappa shape index (κ1) is 12.5. The number of aromatic nitrogens is 1. The van der Waals surface area contributed by atoms with Gasteiger partial charge in [0, 0.05) is 21.8 Å². The highest BCUT2D eigenvalue weighted by atomic mass is 15.0. The smallest absolute Gasteiger partial charge is 0.0560 e. The van der Waals surface area contributed by atoms with E-state index in [2.05, 4.69) is 79.1 Å². The third-order valence-electron chi connectivity index (χ3n) is 4.40. The molecule has 4 rings (SSSR count). The number of hydrogen-bond donors (Lipinski definition) is 0. The number of nitrogens with zero attached hydrogens (tertiary/aromatic N) is 1. The van der Waals surface area contributed by atoms with E-state index in [0.29, 0.717) is 6.04 Å². The molecule has 1 aliphatic rings. The Balaban J connectivity index is 2.11. The molecule has 1 aromatic heterocycles. The van der Waals surface area contributed by atoms with Crippen LogP contribution in [0.4, 0.5) is 0 Å².